The van der Waals surface area contributed by atoms with Crippen molar-refractivity contribution < 1.29 is 18.0 Å². The van der Waals surface area contributed by atoms with Crippen LogP contribution in [0.4, 0.5) is 13.2 Å². The number of halogens is 3. The van der Waals surface area contributed by atoms with Gasteiger partial charge in [0.2, 0.25) is 0 Å². The van der Waals surface area contributed by atoms with Gasteiger partial charge >= 0.3 is 6.18 Å². The lowest BCUT2D eigenvalue weighted by Crippen LogP contribution is -2.31. The van der Waals surface area contributed by atoms with Gasteiger partial charge in [-0.2, -0.15) is 13.2 Å². The number of hydrogen-bond acceptors (Lipinski definition) is 1. The second kappa shape index (κ2) is 2.73. The number of amides is 1. The Morgan fingerprint density at radius 3 is 2.50 bits per heavy atom. The zero-order chi connectivity index (χ0) is 10.3. The molecule has 1 atom stereocenters. The van der Waals surface area contributed by atoms with Crippen LogP contribution in [0.1, 0.15) is 22.0 Å². The number of rotatable bonds is 0. The Morgan fingerprint density at radius 1 is 1.21 bits per heavy atom. The molecule has 1 aliphatic rings. The summed E-state index contributed by atoms with van der Waals surface area (Å²) in [5, 5.41) is 1.90. The molecule has 0 bridgehead atoms. The van der Waals surface area contributed by atoms with Crippen LogP contribution in [0.15, 0.2) is 24.3 Å². The van der Waals surface area contributed by atoms with Crippen LogP contribution < -0.4 is 5.32 Å². The van der Waals surface area contributed by atoms with E-state index in [1.165, 1.54) is 24.3 Å². The Bertz CT molecular complexity index is 386. The Hall–Kier alpha value is -1.52. The number of nitrogens with one attached hydrogen (secondary N) is 1. The monoisotopic (exact) mass is 201 g/mol. The number of carbonyl (C=O) groups is 1. The fraction of sp³-hybridized carbons (Fsp3) is 0.222. The molecule has 1 N–H and O–H groups in total. The summed E-state index contributed by atoms with van der Waals surface area (Å²) in [7, 11) is 0. The van der Waals surface area contributed by atoms with E-state index in [0.29, 0.717) is 0 Å². The third-order valence-corrected chi connectivity index (χ3v) is 2.12. The minimum atomic E-state index is -4.43. The van der Waals surface area contributed by atoms with Crippen LogP contribution in [0.25, 0.3) is 0 Å². The topological polar surface area (TPSA) is 29.1 Å². The van der Waals surface area contributed by atoms with Crippen molar-refractivity contribution in [1.29, 1.82) is 0 Å². The Morgan fingerprint density at radius 2 is 1.86 bits per heavy atom. The maximum atomic E-state index is 12.4. The van der Waals surface area contributed by atoms with Gasteiger partial charge in [-0.1, -0.05) is 18.2 Å². The Kier molecular flexibility index (Phi) is 1.77. The number of fused-ring (bicyclic) bond motifs is 1. The zero-order valence-corrected chi connectivity index (χ0v) is 6.93. The van der Waals surface area contributed by atoms with Gasteiger partial charge in [0, 0.05) is 5.56 Å². The molecule has 0 unspecified atom stereocenters. The summed E-state index contributed by atoms with van der Waals surface area (Å²) < 4.78 is 37.2. The van der Waals surface area contributed by atoms with Gasteiger partial charge in [-0.15, -0.1) is 0 Å². The van der Waals surface area contributed by atoms with E-state index in [0.717, 1.165) is 0 Å². The molecule has 2 nitrogen and oxygen atoms in total. The van der Waals surface area contributed by atoms with Gasteiger partial charge in [-0.05, 0) is 11.6 Å². The standard InChI is InChI=1S/C9H6F3NO/c10-9(11,12)7-5-3-1-2-4-6(5)8(14)13-7/h1-4,7H,(H,13,14)/t7-/m0/s1. The van der Waals surface area contributed by atoms with Crippen LogP contribution in [0.3, 0.4) is 0 Å². The fourth-order valence-electron chi connectivity index (χ4n) is 1.50. The van der Waals surface area contributed by atoms with Crippen LogP contribution in [0, 0.1) is 0 Å². The first kappa shape index (κ1) is 9.05. The van der Waals surface area contributed by atoms with E-state index in [1.807, 2.05) is 5.32 Å². The SMILES string of the molecule is O=C1N[C@H](C(F)(F)F)c2ccccc21. The molecule has 0 radical (unpaired) electrons. The molecule has 0 fully saturated rings. The smallest absolute Gasteiger partial charge is 0.337 e. The lowest BCUT2D eigenvalue weighted by molar-refractivity contribution is -0.153. The van der Waals surface area contributed by atoms with Gasteiger partial charge in [0.05, 0.1) is 0 Å². The van der Waals surface area contributed by atoms with Gasteiger partial charge < -0.3 is 5.32 Å². The van der Waals surface area contributed by atoms with Crippen molar-refractivity contribution in [2.75, 3.05) is 0 Å². The first-order chi connectivity index (χ1) is 6.50. The Labute approximate surface area is 77.7 Å². The maximum Gasteiger partial charge on any atom is 0.412 e. The highest BCUT2D eigenvalue weighted by atomic mass is 19.4. The quantitative estimate of drug-likeness (QED) is 0.683. The fourth-order valence-corrected chi connectivity index (χ4v) is 1.50. The molecular weight excluding hydrogens is 195 g/mol. The van der Waals surface area contributed by atoms with E-state index in [9.17, 15) is 18.0 Å². The molecule has 0 spiro atoms. The minimum absolute atomic E-state index is 0.00463. The van der Waals surface area contributed by atoms with Crippen molar-refractivity contribution in [3.05, 3.63) is 35.4 Å². The Balaban J connectivity index is 2.50. The van der Waals surface area contributed by atoms with Crippen molar-refractivity contribution in [1.82, 2.24) is 5.32 Å². The van der Waals surface area contributed by atoms with Gasteiger partial charge in [-0.25, -0.2) is 0 Å². The van der Waals surface area contributed by atoms with E-state index >= 15 is 0 Å². The lowest BCUT2D eigenvalue weighted by atomic mass is 10.1. The number of hydrogen-bond donors (Lipinski definition) is 1. The van der Waals surface area contributed by atoms with Gasteiger partial charge in [-0.3, -0.25) is 4.79 Å². The number of benzene rings is 1. The van der Waals surface area contributed by atoms with Crippen molar-refractivity contribution in [3.8, 4) is 0 Å². The van der Waals surface area contributed by atoms with Gasteiger partial charge in [0.15, 0.2) is 6.04 Å². The normalized spacial score (nSPS) is 20.5. The average Bonchev–Trinajstić information content (AvgIpc) is 2.44. The maximum absolute atomic E-state index is 12.4. The van der Waals surface area contributed by atoms with E-state index < -0.39 is 18.1 Å². The minimum Gasteiger partial charge on any atom is -0.337 e. The molecule has 0 saturated carbocycles. The molecule has 74 valence electrons. The summed E-state index contributed by atoms with van der Waals surface area (Å²) in [5.74, 6) is -0.664. The van der Waals surface area contributed by atoms with Crippen molar-refractivity contribution in [2.45, 2.75) is 12.2 Å². The van der Waals surface area contributed by atoms with Crippen LogP contribution >= 0.6 is 0 Å². The summed E-state index contributed by atoms with van der Waals surface area (Å²) in [6.07, 6.45) is -4.43. The molecule has 1 amide bonds. The van der Waals surface area contributed by atoms with Crippen molar-refractivity contribution in [2.24, 2.45) is 0 Å². The third-order valence-electron chi connectivity index (χ3n) is 2.12. The lowest BCUT2D eigenvalue weighted by Gasteiger charge is -2.15. The van der Waals surface area contributed by atoms with E-state index in [-0.39, 0.29) is 11.1 Å². The molecule has 1 aromatic rings. The van der Waals surface area contributed by atoms with Gasteiger partial charge in [0.25, 0.3) is 5.91 Å². The summed E-state index contributed by atoms with van der Waals surface area (Å²) in [6, 6.07) is 3.86. The molecule has 14 heavy (non-hydrogen) atoms. The van der Waals surface area contributed by atoms with Crippen LogP contribution in [0.2, 0.25) is 0 Å². The second-order valence-electron chi connectivity index (χ2n) is 3.04. The molecule has 1 aromatic carbocycles. The summed E-state index contributed by atoms with van der Waals surface area (Å²) in [4.78, 5) is 11.1. The molecular formula is C9H6F3NO. The summed E-state index contributed by atoms with van der Waals surface area (Å²) in [5.41, 5.74) is 0.111. The highest BCUT2D eigenvalue weighted by Crippen LogP contribution is 2.37. The van der Waals surface area contributed by atoms with Crippen LogP contribution in [-0.4, -0.2) is 12.1 Å². The first-order valence-electron chi connectivity index (χ1n) is 3.96. The molecule has 1 heterocycles. The number of carbonyl (C=O) groups excluding carboxylic acids is 1. The molecule has 0 aliphatic carbocycles. The van der Waals surface area contributed by atoms with Crippen LogP contribution in [0.5, 0.6) is 0 Å². The first-order valence-corrected chi connectivity index (χ1v) is 3.96. The second-order valence-corrected chi connectivity index (χ2v) is 3.04. The molecule has 1 aliphatic heterocycles. The zero-order valence-electron chi connectivity index (χ0n) is 6.93. The van der Waals surface area contributed by atoms with Crippen LogP contribution in [-0.2, 0) is 0 Å². The van der Waals surface area contributed by atoms with Gasteiger partial charge in [0.1, 0.15) is 0 Å². The van der Waals surface area contributed by atoms with E-state index in [4.69, 9.17) is 0 Å². The summed E-state index contributed by atoms with van der Waals surface area (Å²) in [6.45, 7) is 0. The largest absolute Gasteiger partial charge is 0.412 e. The highest BCUT2D eigenvalue weighted by molar-refractivity contribution is 5.99. The predicted molar refractivity (Wildman–Crippen MR) is 42.7 cm³/mol. The average molecular weight is 201 g/mol. The van der Waals surface area contributed by atoms with E-state index in [1.54, 1.807) is 0 Å². The molecule has 2 rings (SSSR count). The van der Waals surface area contributed by atoms with Crippen molar-refractivity contribution >= 4 is 5.91 Å². The third kappa shape index (κ3) is 1.25. The van der Waals surface area contributed by atoms with E-state index in [2.05, 4.69) is 0 Å². The molecule has 5 heteroatoms. The molecule has 0 saturated heterocycles. The summed E-state index contributed by atoms with van der Waals surface area (Å²) >= 11 is 0. The predicted octanol–water partition coefficient (Wildman–Crippen LogP) is 2.03. The van der Waals surface area contributed by atoms with Crippen molar-refractivity contribution in [3.63, 3.8) is 0 Å². The molecule has 0 aromatic heterocycles. The highest BCUT2D eigenvalue weighted by Gasteiger charge is 2.46. The number of alkyl halides is 3.